The van der Waals surface area contributed by atoms with Gasteiger partial charge < -0.3 is 4.90 Å². The van der Waals surface area contributed by atoms with Crippen molar-refractivity contribution in [2.24, 2.45) is 0 Å². The summed E-state index contributed by atoms with van der Waals surface area (Å²) in [6.45, 7) is 4.81. The van der Waals surface area contributed by atoms with Crippen molar-refractivity contribution >= 4 is 5.82 Å². The normalized spacial score (nSPS) is 14.8. The molecule has 0 aliphatic carbocycles. The van der Waals surface area contributed by atoms with E-state index in [9.17, 15) is 0 Å². The van der Waals surface area contributed by atoms with Crippen molar-refractivity contribution in [2.75, 3.05) is 25.5 Å². The molecule has 5 heteroatoms. The maximum Gasteiger partial charge on any atom is 0.132 e. The summed E-state index contributed by atoms with van der Waals surface area (Å²) in [6.07, 6.45) is 4.82. The second-order valence-corrected chi connectivity index (χ2v) is 5.73. The fourth-order valence-corrected chi connectivity index (χ4v) is 2.81. The molecule has 3 rings (SSSR count). The van der Waals surface area contributed by atoms with Gasteiger partial charge in [-0.2, -0.15) is 0 Å². The van der Waals surface area contributed by atoms with Gasteiger partial charge in [0.1, 0.15) is 11.6 Å². The minimum atomic E-state index is 0.865. The fraction of sp³-hybridized carbons (Fsp3) is 0.438. The van der Waals surface area contributed by atoms with Crippen LogP contribution in [0.15, 0.2) is 24.5 Å². The number of hydrogen-bond donors (Lipinski definition) is 0. The van der Waals surface area contributed by atoms with Gasteiger partial charge in [0.2, 0.25) is 0 Å². The molecule has 21 heavy (non-hydrogen) atoms. The van der Waals surface area contributed by atoms with Crippen LogP contribution in [0.5, 0.6) is 0 Å². The van der Waals surface area contributed by atoms with Crippen LogP contribution in [0.1, 0.15) is 22.6 Å². The Bertz CT molecular complexity index is 638. The third kappa shape index (κ3) is 3.03. The smallest absolute Gasteiger partial charge is 0.132 e. The van der Waals surface area contributed by atoms with Crippen LogP contribution in [0, 0.1) is 6.92 Å². The first-order valence-corrected chi connectivity index (χ1v) is 7.28. The molecule has 0 saturated heterocycles. The van der Waals surface area contributed by atoms with Gasteiger partial charge in [-0.15, -0.1) is 0 Å². The summed E-state index contributed by atoms with van der Waals surface area (Å²) in [5.74, 6) is 1.91. The number of nitrogens with zero attached hydrogens (tertiary/aromatic N) is 5. The van der Waals surface area contributed by atoms with Crippen molar-refractivity contribution in [1.82, 2.24) is 19.9 Å². The van der Waals surface area contributed by atoms with E-state index in [4.69, 9.17) is 0 Å². The van der Waals surface area contributed by atoms with E-state index in [-0.39, 0.29) is 0 Å². The van der Waals surface area contributed by atoms with Gasteiger partial charge in [-0.1, -0.05) is 6.07 Å². The molecule has 0 spiro atoms. The van der Waals surface area contributed by atoms with Crippen LogP contribution in [-0.2, 0) is 19.5 Å². The molecule has 3 heterocycles. The van der Waals surface area contributed by atoms with Crippen molar-refractivity contribution in [3.8, 4) is 0 Å². The van der Waals surface area contributed by atoms with Crippen molar-refractivity contribution < 1.29 is 0 Å². The highest BCUT2D eigenvalue weighted by atomic mass is 15.2. The lowest BCUT2D eigenvalue weighted by Crippen LogP contribution is -2.31. The molecule has 5 nitrogen and oxygen atoms in total. The predicted octanol–water partition coefficient (Wildman–Crippen LogP) is 1.80. The molecule has 0 amide bonds. The third-order valence-electron chi connectivity index (χ3n) is 3.82. The van der Waals surface area contributed by atoms with E-state index in [1.54, 1.807) is 0 Å². The SMILES string of the molecule is Cc1ncc2c(n1)CCN(Cc1cccnc1N(C)C)C2. The first-order valence-electron chi connectivity index (χ1n) is 7.28. The number of anilines is 1. The van der Waals surface area contributed by atoms with Crippen molar-refractivity contribution in [1.29, 1.82) is 0 Å². The predicted molar refractivity (Wildman–Crippen MR) is 83.2 cm³/mol. The molecular weight excluding hydrogens is 262 g/mol. The number of aromatic nitrogens is 3. The van der Waals surface area contributed by atoms with Gasteiger partial charge in [-0.05, 0) is 13.0 Å². The summed E-state index contributed by atoms with van der Waals surface area (Å²) in [4.78, 5) is 17.8. The summed E-state index contributed by atoms with van der Waals surface area (Å²) in [5.41, 5.74) is 3.72. The van der Waals surface area contributed by atoms with Crippen molar-refractivity contribution in [3.63, 3.8) is 0 Å². The van der Waals surface area contributed by atoms with Gasteiger partial charge in [0, 0.05) is 69.4 Å². The van der Waals surface area contributed by atoms with E-state index in [1.165, 1.54) is 16.8 Å². The second-order valence-electron chi connectivity index (χ2n) is 5.73. The lowest BCUT2D eigenvalue weighted by Gasteiger charge is -2.29. The average molecular weight is 283 g/mol. The molecule has 2 aromatic rings. The molecule has 0 bridgehead atoms. The fourth-order valence-electron chi connectivity index (χ4n) is 2.81. The van der Waals surface area contributed by atoms with Crippen molar-refractivity contribution in [3.05, 3.63) is 47.2 Å². The number of hydrogen-bond acceptors (Lipinski definition) is 5. The topological polar surface area (TPSA) is 45.2 Å². The number of aryl methyl sites for hydroxylation is 1. The van der Waals surface area contributed by atoms with E-state index < -0.39 is 0 Å². The van der Waals surface area contributed by atoms with Crippen molar-refractivity contribution in [2.45, 2.75) is 26.4 Å². The highest BCUT2D eigenvalue weighted by Gasteiger charge is 2.19. The van der Waals surface area contributed by atoms with Crippen LogP contribution in [0.25, 0.3) is 0 Å². The first kappa shape index (κ1) is 13.9. The number of rotatable bonds is 3. The minimum Gasteiger partial charge on any atom is -0.362 e. The van der Waals surface area contributed by atoms with E-state index >= 15 is 0 Å². The van der Waals surface area contributed by atoms with E-state index in [0.29, 0.717) is 0 Å². The Kier molecular flexibility index (Phi) is 3.84. The molecule has 110 valence electrons. The molecule has 0 aromatic carbocycles. The highest BCUT2D eigenvalue weighted by Crippen LogP contribution is 2.21. The van der Waals surface area contributed by atoms with Crippen LogP contribution in [0.3, 0.4) is 0 Å². The molecule has 0 unspecified atom stereocenters. The Labute approximate surface area is 125 Å². The summed E-state index contributed by atoms with van der Waals surface area (Å²) in [5, 5.41) is 0. The number of fused-ring (bicyclic) bond motifs is 1. The molecule has 1 aliphatic rings. The lowest BCUT2D eigenvalue weighted by atomic mass is 10.1. The zero-order valence-electron chi connectivity index (χ0n) is 12.9. The molecule has 0 atom stereocenters. The lowest BCUT2D eigenvalue weighted by molar-refractivity contribution is 0.242. The highest BCUT2D eigenvalue weighted by molar-refractivity contribution is 5.45. The van der Waals surface area contributed by atoms with Gasteiger partial charge in [0.15, 0.2) is 0 Å². The summed E-state index contributed by atoms with van der Waals surface area (Å²) >= 11 is 0. The van der Waals surface area contributed by atoms with Crippen LogP contribution < -0.4 is 4.90 Å². The van der Waals surface area contributed by atoms with E-state index in [1.807, 2.05) is 39.5 Å². The minimum absolute atomic E-state index is 0.865. The maximum absolute atomic E-state index is 4.54. The molecular formula is C16H21N5. The zero-order chi connectivity index (χ0) is 14.8. The van der Waals surface area contributed by atoms with Crippen LogP contribution in [-0.4, -0.2) is 40.5 Å². The van der Waals surface area contributed by atoms with Gasteiger partial charge >= 0.3 is 0 Å². The molecule has 0 saturated carbocycles. The Morgan fingerprint density at radius 1 is 1.29 bits per heavy atom. The second kappa shape index (κ2) is 5.77. The molecule has 0 fully saturated rings. The van der Waals surface area contributed by atoms with Gasteiger partial charge in [-0.25, -0.2) is 15.0 Å². The van der Waals surface area contributed by atoms with E-state index in [0.717, 1.165) is 37.7 Å². The Balaban J connectivity index is 1.77. The maximum atomic E-state index is 4.54. The van der Waals surface area contributed by atoms with Crippen LogP contribution >= 0.6 is 0 Å². The van der Waals surface area contributed by atoms with Gasteiger partial charge in [0.05, 0.1) is 0 Å². The third-order valence-corrected chi connectivity index (χ3v) is 3.82. The summed E-state index contributed by atoms with van der Waals surface area (Å²) in [6, 6.07) is 4.16. The van der Waals surface area contributed by atoms with Gasteiger partial charge in [0.25, 0.3) is 0 Å². The zero-order valence-corrected chi connectivity index (χ0v) is 12.9. The first-order chi connectivity index (χ1) is 10.1. The van der Waals surface area contributed by atoms with Crippen LogP contribution in [0.4, 0.5) is 5.82 Å². The van der Waals surface area contributed by atoms with Crippen LogP contribution in [0.2, 0.25) is 0 Å². The quantitative estimate of drug-likeness (QED) is 0.859. The summed E-state index contributed by atoms with van der Waals surface area (Å²) in [7, 11) is 4.07. The molecule has 2 aromatic heterocycles. The van der Waals surface area contributed by atoms with Gasteiger partial charge in [-0.3, -0.25) is 4.90 Å². The Morgan fingerprint density at radius 2 is 2.14 bits per heavy atom. The standard InChI is InChI=1S/C16H21N5/c1-12-18-9-14-11-21(8-6-15(14)19-12)10-13-5-4-7-17-16(13)20(2)3/h4-5,7,9H,6,8,10-11H2,1-3H3. The monoisotopic (exact) mass is 283 g/mol. The molecule has 0 N–H and O–H groups in total. The Morgan fingerprint density at radius 3 is 2.95 bits per heavy atom. The largest absolute Gasteiger partial charge is 0.362 e. The molecule has 0 radical (unpaired) electrons. The van der Waals surface area contributed by atoms with E-state index in [2.05, 4.69) is 30.8 Å². The molecule has 1 aliphatic heterocycles. The Hall–Kier alpha value is -2.01. The average Bonchev–Trinajstić information content (AvgIpc) is 2.48. The number of pyridine rings is 1. The summed E-state index contributed by atoms with van der Waals surface area (Å²) < 4.78 is 0.